The van der Waals surface area contributed by atoms with E-state index >= 15 is 0 Å². The first kappa shape index (κ1) is 14.7. The van der Waals surface area contributed by atoms with Gasteiger partial charge in [0.2, 0.25) is 0 Å². The van der Waals surface area contributed by atoms with Gasteiger partial charge in [0.15, 0.2) is 0 Å². The number of likely N-dealkylation sites (tertiary alicyclic amines) is 1. The van der Waals surface area contributed by atoms with Crippen LogP contribution in [0.2, 0.25) is 0 Å². The lowest BCUT2D eigenvalue weighted by Gasteiger charge is -2.29. The monoisotopic (exact) mass is 280 g/mol. The molecule has 0 amide bonds. The average Bonchev–Trinajstić information content (AvgIpc) is 2.85. The van der Waals surface area contributed by atoms with Crippen LogP contribution in [-0.2, 0) is 5.88 Å². The van der Waals surface area contributed by atoms with Gasteiger partial charge in [0.05, 0.1) is 0 Å². The van der Waals surface area contributed by atoms with Crippen molar-refractivity contribution in [2.24, 2.45) is 0 Å². The van der Waals surface area contributed by atoms with E-state index < -0.39 is 0 Å². The van der Waals surface area contributed by atoms with Crippen LogP contribution in [0.1, 0.15) is 30.9 Å². The normalized spacial score (nSPS) is 19.9. The van der Waals surface area contributed by atoms with Crippen molar-refractivity contribution in [1.82, 2.24) is 4.90 Å². The first-order chi connectivity index (χ1) is 9.15. The molecule has 1 aliphatic heterocycles. The summed E-state index contributed by atoms with van der Waals surface area (Å²) in [7, 11) is 2.20. The van der Waals surface area contributed by atoms with Crippen LogP contribution in [-0.4, -0.2) is 37.6 Å². The van der Waals surface area contributed by atoms with Gasteiger partial charge in [-0.3, -0.25) is 4.90 Å². The molecule has 0 radical (unpaired) electrons. The van der Waals surface area contributed by atoms with Gasteiger partial charge in [0, 0.05) is 31.2 Å². The minimum absolute atomic E-state index is 0.599. The van der Waals surface area contributed by atoms with E-state index in [9.17, 15) is 0 Å². The molecule has 19 heavy (non-hydrogen) atoms. The van der Waals surface area contributed by atoms with Crippen molar-refractivity contribution in [3.8, 4) is 0 Å². The van der Waals surface area contributed by atoms with E-state index in [1.165, 1.54) is 42.7 Å². The number of benzene rings is 1. The van der Waals surface area contributed by atoms with E-state index in [1.54, 1.807) is 0 Å². The van der Waals surface area contributed by atoms with Gasteiger partial charge < -0.3 is 4.90 Å². The van der Waals surface area contributed by atoms with Crippen molar-refractivity contribution in [3.63, 3.8) is 0 Å². The van der Waals surface area contributed by atoms with E-state index in [0.29, 0.717) is 11.9 Å². The summed E-state index contributed by atoms with van der Waals surface area (Å²) in [4.78, 5) is 4.97. The highest BCUT2D eigenvalue weighted by molar-refractivity contribution is 6.17. The summed E-state index contributed by atoms with van der Waals surface area (Å²) >= 11 is 5.92. The average molecular weight is 281 g/mol. The third kappa shape index (κ3) is 3.43. The zero-order valence-electron chi connectivity index (χ0n) is 12.3. The van der Waals surface area contributed by atoms with Gasteiger partial charge in [-0.2, -0.15) is 0 Å². The number of anilines is 1. The van der Waals surface area contributed by atoms with Crippen molar-refractivity contribution < 1.29 is 0 Å². The van der Waals surface area contributed by atoms with Crippen LogP contribution in [0.25, 0.3) is 0 Å². The third-order valence-corrected chi connectivity index (χ3v) is 4.59. The van der Waals surface area contributed by atoms with Gasteiger partial charge in [0.1, 0.15) is 0 Å². The number of halogens is 1. The topological polar surface area (TPSA) is 6.48 Å². The van der Waals surface area contributed by atoms with Crippen molar-refractivity contribution in [2.75, 3.05) is 31.6 Å². The number of hydrogen-bond donors (Lipinski definition) is 0. The zero-order valence-corrected chi connectivity index (χ0v) is 13.1. The van der Waals surface area contributed by atoms with Crippen molar-refractivity contribution in [2.45, 2.75) is 38.6 Å². The Morgan fingerprint density at radius 2 is 2.21 bits per heavy atom. The fraction of sp³-hybridized carbons (Fsp3) is 0.625. The summed E-state index contributed by atoms with van der Waals surface area (Å²) in [5, 5.41) is 0. The minimum atomic E-state index is 0.599. The molecule has 3 heteroatoms. The number of rotatable bonds is 5. The summed E-state index contributed by atoms with van der Waals surface area (Å²) in [6.07, 6.45) is 2.67. The fourth-order valence-corrected chi connectivity index (χ4v) is 3.31. The molecule has 0 saturated carbocycles. The molecule has 1 heterocycles. The second-order valence-electron chi connectivity index (χ2n) is 5.55. The molecule has 1 aromatic rings. The molecule has 0 bridgehead atoms. The van der Waals surface area contributed by atoms with Crippen LogP contribution in [0, 0.1) is 6.92 Å². The fourth-order valence-electron chi connectivity index (χ4n) is 3.01. The molecule has 0 aliphatic carbocycles. The van der Waals surface area contributed by atoms with E-state index in [1.807, 2.05) is 0 Å². The predicted molar refractivity (Wildman–Crippen MR) is 84.3 cm³/mol. The highest BCUT2D eigenvalue weighted by atomic mass is 35.5. The maximum absolute atomic E-state index is 5.92. The van der Waals surface area contributed by atoms with Crippen molar-refractivity contribution in [3.05, 3.63) is 29.3 Å². The highest BCUT2D eigenvalue weighted by Gasteiger charge is 2.24. The summed E-state index contributed by atoms with van der Waals surface area (Å²) < 4.78 is 0. The number of likely N-dealkylation sites (N-methyl/N-ethyl adjacent to an activating group) is 2. The number of aryl methyl sites for hydroxylation is 1. The lowest BCUT2D eigenvalue weighted by molar-refractivity contribution is 0.270. The Morgan fingerprint density at radius 1 is 1.42 bits per heavy atom. The van der Waals surface area contributed by atoms with Gasteiger partial charge in [-0.05, 0) is 56.1 Å². The zero-order chi connectivity index (χ0) is 13.8. The van der Waals surface area contributed by atoms with Gasteiger partial charge in [-0.15, -0.1) is 11.6 Å². The smallest absolute Gasteiger partial charge is 0.0476 e. The Labute approximate surface area is 122 Å². The molecule has 1 aromatic carbocycles. The molecule has 1 unspecified atom stereocenters. The first-order valence-electron chi connectivity index (χ1n) is 7.26. The van der Waals surface area contributed by atoms with E-state index in [-0.39, 0.29) is 0 Å². The molecule has 0 spiro atoms. The summed E-state index contributed by atoms with van der Waals surface area (Å²) in [5.41, 5.74) is 3.82. The van der Waals surface area contributed by atoms with Crippen molar-refractivity contribution in [1.29, 1.82) is 0 Å². The summed E-state index contributed by atoms with van der Waals surface area (Å²) in [6, 6.07) is 7.31. The van der Waals surface area contributed by atoms with Crippen molar-refractivity contribution >= 4 is 17.3 Å². The maximum atomic E-state index is 5.92. The van der Waals surface area contributed by atoms with Crippen LogP contribution in [0.3, 0.4) is 0 Å². The molecule has 0 N–H and O–H groups in total. The Hall–Kier alpha value is -0.730. The molecule has 2 rings (SSSR count). The first-order valence-corrected chi connectivity index (χ1v) is 7.79. The lowest BCUT2D eigenvalue weighted by atomic mass is 10.1. The van der Waals surface area contributed by atoms with Gasteiger partial charge >= 0.3 is 0 Å². The molecular formula is C16H25ClN2. The molecule has 2 nitrogen and oxygen atoms in total. The second kappa shape index (κ2) is 6.62. The quantitative estimate of drug-likeness (QED) is 0.760. The van der Waals surface area contributed by atoms with Gasteiger partial charge in [-0.25, -0.2) is 0 Å². The third-order valence-electron chi connectivity index (χ3n) is 4.30. The van der Waals surface area contributed by atoms with Gasteiger partial charge in [0.25, 0.3) is 0 Å². The summed E-state index contributed by atoms with van der Waals surface area (Å²) in [6.45, 7) is 7.95. The standard InChI is InChI=1S/C16H25ClN2/c1-4-19-9-5-6-16(19)12-18(3)15-8-7-14(11-17)13(2)10-15/h7-8,10,16H,4-6,9,11-12H2,1-3H3. The Balaban J connectivity index is 2.03. The molecule has 0 aromatic heterocycles. The molecular weight excluding hydrogens is 256 g/mol. The number of alkyl halides is 1. The molecule has 1 aliphatic rings. The molecule has 1 atom stereocenters. The molecule has 1 saturated heterocycles. The van der Waals surface area contributed by atoms with Crippen LogP contribution in [0.15, 0.2) is 18.2 Å². The largest absolute Gasteiger partial charge is 0.373 e. The number of nitrogens with zero attached hydrogens (tertiary/aromatic N) is 2. The Bertz CT molecular complexity index is 419. The Morgan fingerprint density at radius 3 is 2.84 bits per heavy atom. The SMILES string of the molecule is CCN1CCCC1CN(C)c1ccc(CCl)c(C)c1. The minimum Gasteiger partial charge on any atom is -0.373 e. The second-order valence-corrected chi connectivity index (χ2v) is 5.82. The van der Waals surface area contributed by atoms with E-state index in [2.05, 4.69) is 48.9 Å². The Kier molecular flexibility index (Phi) is 5.12. The predicted octanol–water partition coefficient (Wildman–Crippen LogP) is 3.65. The maximum Gasteiger partial charge on any atom is 0.0476 e. The molecule has 1 fully saturated rings. The van der Waals surface area contributed by atoms with Crippen LogP contribution in [0.5, 0.6) is 0 Å². The van der Waals surface area contributed by atoms with Crippen LogP contribution < -0.4 is 4.90 Å². The van der Waals surface area contributed by atoms with E-state index in [0.717, 1.165) is 6.54 Å². The highest BCUT2D eigenvalue weighted by Crippen LogP contribution is 2.23. The van der Waals surface area contributed by atoms with Crippen LogP contribution in [0.4, 0.5) is 5.69 Å². The summed E-state index contributed by atoms with van der Waals surface area (Å²) in [5.74, 6) is 0.599. The molecule has 106 valence electrons. The van der Waals surface area contributed by atoms with Gasteiger partial charge in [-0.1, -0.05) is 13.0 Å². The van der Waals surface area contributed by atoms with Crippen LogP contribution >= 0.6 is 11.6 Å². The number of hydrogen-bond acceptors (Lipinski definition) is 2. The van der Waals surface area contributed by atoms with E-state index in [4.69, 9.17) is 11.6 Å². The lowest BCUT2D eigenvalue weighted by Crippen LogP contribution is -2.38.